The van der Waals surface area contributed by atoms with Gasteiger partial charge >= 0.3 is 0 Å². The van der Waals surface area contributed by atoms with Crippen molar-refractivity contribution in [3.05, 3.63) is 158 Å². The second-order valence-corrected chi connectivity index (χ2v) is 13.4. The van der Waals surface area contributed by atoms with Crippen molar-refractivity contribution in [2.24, 2.45) is 0 Å². The van der Waals surface area contributed by atoms with Gasteiger partial charge in [-0.05, 0) is 52.2 Å². The van der Waals surface area contributed by atoms with Crippen LogP contribution in [0.25, 0.3) is 98.8 Å². The Labute approximate surface area is 291 Å². The van der Waals surface area contributed by atoms with Crippen LogP contribution in [0.3, 0.4) is 0 Å². The number of rotatable bonds is 5. The number of fused-ring (bicyclic) bond motifs is 5. The molecule has 0 aliphatic rings. The van der Waals surface area contributed by atoms with Gasteiger partial charge in [0.05, 0.1) is 0 Å². The monoisotopic (exact) mass is 658 g/mol. The molecular formula is C44H26N4OS. The first kappa shape index (κ1) is 28.5. The van der Waals surface area contributed by atoms with Crippen molar-refractivity contribution in [2.75, 3.05) is 0 Å². The molecule has 0 saturated heterocycles. The van der Waals surface area contributed by atoms with Crippen LogP contribution in [0.2, 0.25) is 0 Å². The maximum Gasteiger partial charge on any atom is 0.227 e. The standard InChI is InChI=1S/C44H26N4OS/c1-3-10-27(11-4-1)29-18-21-31(22-19-29)42-46-41(30-13-5-2-6-14-30)47-43(48-42)34-16-9-17-38-40(34)35-25-37-36(26-39(35)50-38)45-44(49-37)33-23-20-28-12-7-8-15-32(28)24-33/h1-26H. The summed E-state index contributed by atoms with van der Waals surface area (Å²) in [5, 5.41) is 4.52. The average molecular weight is 659 g/mol. The van der Waals surface area contributed by atoms with Crippen molar-refractivity contribution in [1.82, 2.24) is 19.9 Å². The van der Waals surface area contributed by atoms with Crippen molar-refractivity contribution in [1.29, 1.82) is 0 Å². The van der Waals surface area contributed by atoms with Crippen LogP contribution in [-0.2, 0) is 0 Å². The highest BCUT2D eigenvalue weighted by Gasteiger charge is 2.19. The lowest BCUT2D eigenvalue weighted by Gasteiger charge is -2.10. The fourth-order valence-electron chi connectivity index (χ4n) is 6.66. The molecule has 6 heteroatoms. The van der Waals surface area contributed by atoms with Crippen LogP contribution in [0.4, 0.5) is 0 Å². The highest BCUT2D eigenvalue weighted by atomic mass is 32.1. The molecular weight excluding hydrogens is 633 g/mol. The van der Waals surface area contributed by atoms with Gasteiger partial charge in [-0.1, -0.05) is 127 Å². The average Bonchev–Trinajstić information content (AvgIpc) is 3.78. The van der Waals surface area contributed by atoms with Crippen molar-refractivity contribution in [3.63, 3.8) is 0 Å². The molecule has 0 N–H and O–H groups in total. The SMILES string of the molecule is c1ccc(-c2ccc(-c3nc(-c4ccccc4)nc(-c4cccc5sc6cc7nc(-c8ccc9ccccc9c8)oc7cc6c45)n3)cc2)cc1. The third kappa shape index (κ3) is 4.93. The van der Waals surface area contributed by atoms with Crippen molar-refractivity contribution in [3.8, 4) is 56.7 Å². The minimum Gasteiger partial charge on any atom is -0.436 e. The number of oxazole rings is 1. The Hall–Kier alpha value is -6.50. The molecule has 0 saturated carbocycles. The quantitative estimate of drug-likeness (QED) is 0.184. The second-order valence-electron chi connectivity index (χ2n) is 12.3. The number of nitrogens with zero attached hydrogens (tertiary/aromatic N) is 4. The van der Waals surface area contributed by atoms with E-state index in [1.54, 1.807) is 11.3 Å². The number of thiophene rings is 1. The normalized spacial score (nSPS) is 11.6. The van der Waals surface area contributed by atoms with E-state index in [4.69, 9.17) is 24.4 Å². The molecule has 234 valence electrons. The molecule has 0 bridgehead atoms. The summed E-state index contributed by atoms with van der Waals surface area (Å²) in [5.41, 5.74) is 7.66. The van der Waals surface area contributed by atoms with Gasteiger partial charge in [0, 0.05) is 42.4 Å². The maximum absolute atomic E-state index is 6.42. The summed E-state index contributed by atoms with van der Waals surface area (Å²) in [7, 11) is 0. The minimum atomic E-state index is 0.612. The van der Waals surface area contributed by atoms with Gasteiger partial charge < -0.3 is 4.42 Å². The third-order valence-corrected chi connectivity index (χ3v) is 10.3. The fourth-order valence-corrected chi connectivity index (χ4v) is 7.81. The highest BCUT2D eigenvalue weighted by Crippen LogP contribution is 2.42. The van der Waals surface area contributed by atoms with Gasteiger partial charge in [-0.15, -0.1) is 11.3 Å². The van der Waals surface area contributed by atoms with Gasteiger partial charge in [-0.25, -0.2) is 19.9 Å². The molecule has 0 unspecified atom stereocenters. The van der Waals surface area contributed by atoms with Crippen LogP contribution < -0.4 is 0 Å². The van der Waals surface area contributed by atoms with Crippen LogP contribution in [0.15, 0.2) is 162 Å². The molecule has 0 spiro atoms. The predicted molar refractivity (Wildman–Crippen MR) is 205 cm³/mol. The molecule has 10 aromatic rings. The summed E-state index contributed by atoms with van der Waals surface area (Å²) in [6, 6.07) is 54.1. The van der Waals surface area contributed by atoms with Gasteiger partial charge in [-0.2, -0.15) is 0 Å². The van der Waals surface area contributed by atoms with E-state index < -0.39 is 0 Å². The van der Waals surface area contributed by atoms with E-state index in [1.165, 1.54) is 10.9 Å². The molecule has 0 aliphatic heterocycles. The zero-order valence-electron chi connectivity index (χ0n) is 26.6. The molecule has 50 heavy (non-hydrogen) atoms. The summed E-state index contributed by atoms with van der Waals surface area (Å²) in [6.45, 7) is 0. The Kier molecular flexibility index (Phi) is 6.60. The summed E-state index contributed by atoms with van der Waals surface area (Å²) in [5.74, 6) is 2.50. The Bertz CT molecular complexity index is 2860. The largest absolute Gasteiger partial charge is 0.436 e. The molecule has 0 radical (unpaired) electrons. The first-order valence-corrected chi connectivity index (χ1v) is 17.3. The van der Waals surface area contributed by atoms with E-state index in [2.05, 4.69) is 121 Å². The number of aromatic nitrogens is 4. The van der Waals surface area contributed by atoms with Crippen molar-refractivity contribution < 1.29 is 4.42 Å². The summed E-state index contributed by atoms with van der Waals surface area (Å²) >= 11 is 1.74. The lowest BCUT2D eigenvalue weighted by molar-refractivity contribution is 0.620. The second kappa shape index (κ2) is 11.6. The number of hydrogen-bond acceptors (Lipinski definition) is 6. The number of hydrogen-bond donors (Lipinski definition) is 0. The van der Waals surface area contributed by atoms with E-state index in [0.717, 1.165) is 64.5 Å². The Morgan fingerprint density at radius 2 is 1.04 bits per heavy atom. The van der Waals surface area contributed by atoms with Crippen LogP contribution in [-0.4, -0.2) is 19.9 Å². The lowest BCUT2D eigenvalue weighted by Crippen LogP contribution is -2.00. The highest BCUT2D eigenvalue weighted by molar-refractivity contribution is 7.26. The zero-order chi connectivity index (χ0) is 33.0. The number of benzene rings is 7. The van der Waals surface area contributed by atoms with E-state index in [1.807, 2.05) is 36.4 Å². The van der Waals surface area contributed by atoms with E-state index in [0.29, 0.717) is 23.4 Å². The molecule has 0 amide bonds. The Morgan fingerprint density at radius 1 is 0.420 bits per heavy atom. The minimum absolute atomic E-state index is 0.612. The van der Waals surface area contributed by atoms with Crippen LogP contribution in [0.5, 0.6) is 0 Å². The molecule has 3 aromatic heterocycles. The summed E-state index contributed by atoms with van der Waals surface area (Å²) in [4.78, 5) is 20.1. The lowest BCUT2D eigenvalue weighted by atomic mass is 10.0. The zero-order valence-corrected chi connectivity index (χ0v) is 27.4. The molecule has 7 aromatic carbocycles. The molecule has 3 heterocycles. The van der Waals surface area contributed by atoms with Crippen LogP contribution >= 0.6 is 11.3 Å². The van der Waals surface area contributed by atoms with Crippen LogP contribution in [0.1, 0.15) is 0 Å². The molecule has 0 atom stereocenters. The van der Waals surface area contributed by atoms with E-state index in [-0.39, 0.29) is 0 Å². The Balaban J connectivity index is 1.12. The molecule has 5 nitrogen and oxygen atoms in total. The third-order valence-electron chi connectivity index (χ3n) is 9.16. The van der Waals surface area contributed by atoms with E-state index in [9.17, 15) is 0 Å². The van der Waals surface area contributed by atoms with Crippen molar-refractivity contribution in [2.45, 2.75) is 0 Å². The molecule has 10 rings (SSSR count). The maximum atomic E-state index is 6.42. The topological polar surface area (TPSA) is 64.7 Å². The first-order valence-electron chi connectivity index (χ1n) is 16.5. The first-order chi connectivity index (χ1) is 24.7. The van der Waals surface area contributed by atoms with Gasteiger partial charge in [-0.3, -0.25) is 0 Å². The van der Waals surface area contributed by atoms with Gasteiger partial charge in [0.15, 0.2) is 23.1 Å². The Morgan fingerprint density at radius 3 is 1.82 bits per heavy atom. The predicted octanol–water partition coefficient (Wildman–Crippen LogP) is 11.9. The van der Waals surface area contributed by atoms with Gasteiger partial charge in [0.1, 0.15) is 5.52 Å². The fraction of sp³-hybridized carbons (Fsp3) is 0. The van der Waals surface area contributed by atoms with Crippen molar-refractivity contribution >= 4 is 53.4 Å². The van der Waals surface area contributed by atoms with Gasteiger partial charge in [0.25, 0.3) is 0 Å². The van der Waals surface area contributed by atoms with Crippen LogP contribution in [0, 0.1) is 0 Å². The smallest absolute Gasteiger partial charge is 0.227 e. The molecule has 0 aliphatic carbocycles. The van der Waals surface area contributed by atoms with E-state index >= 15 is 0 Å². The van der Waals surface area contributed by atoms with Gasteiger partial charge in [0.2, 0.25) is 5.89 Å². The summed E-state index contributed by atoms with van der Waals surface area (Å²) in [6.07, 6.45) is 0. The molecule has 0 fully saturated rings. The summed E-state index contributed by atoms with van der Waals surface area (Å²) < 4.78 is 8.70.